The van der Waals surface area contributed by atoms with Gasteiger partial charge in [0, 0.05) is 30.4 Å². The van der Waals surface area contributed by atoms with Gasteiger partial charge in [0.1, 0.15) is 6.04 Å². The molecule has 1 unspecified atom stereocenters. The van der Waals surface area contributed by atoms with Crippen molar-refractivity contribution in [3.8, 4) is 17.3 Å². The molecule has 0 N–H and O–H groups in total. The van der Waals surface area contributed by atoms with Crippen molar-refractivity contribution in [2.24, 2.45) is 0 Å². The highest BCUT2D eigenvalue weighted by Crippen LogP contribution is 2.33. The Morgan fingerprint density at radius 1 is 1.27 bits per heavy atom. The second-order valence-corrected chi connectivity index (χ2v) is 7.27. The lowest BCUT2D eigenvalue weighted by Gasteiger charge is -2.37. The van der Waals surface area contributed by atoms with Gasteiger partial charge in [0.2, 0.25) is 17.6 Å². The smallest absolute Gasteiger partial charge is 0.246 e. The molecule has 7 nitrogen and oxygen atoms in total. The van der Waals surface area contributed by atoms with E-state index in [9.17, 15) is 0 Å². The summed E-state index contributed by atoms with van der Waals surface area (Å²) >= 11 is 0. The van der Waals surface area contributed by atoms with E-state index in [4.69, 9.17) is 14.0 Å². The van der Waals surface area contributed by atoms with Crippen LogP contribution in [0.3, 0.4) is 0 Å². The molecule has 0 aromatic carbocycles. The third kappa shape index (κ3) is 3.73. The van der Waals surface area contributed by atoms with Gasteiger partial charge in [0.25, 0.3) is 0 Å². The van der Waals surface area contributed by atoms with Crippen LogP contribution in [0.2, 0.25) is 0 Å². The highest BCUT2D eigenvalue weighted by atomic mass is 16.5. The van der Waals surface area contributed by atoms with Gasteiger partial charge in [-0.1, -0.05) is 18.0 Å². The first-order chi connectivity index (χ1) is 12.7. The van der Waals surface area contributed by atoms with Gasteiger partial charge in [-0.15, -0.1) is 0 Å². The fourth-order valence-corrected chi connectivity index (χ4v) is 3.84. The summed E-state index contributed by atoms with van der Waals surface area (Å²) in [4.78, 5) is 11.4. The normalized spacial score (nSPS) is 22.2. The first kappa shape index (κ1) is 17.4. The van der Waals surface area contributed by atoms with Crippen molar-refractivity contribution in [1.82, 2.24) is 20.0 Å². The number of hydrogen-bond donors (Lipinski definition) is 0. The van der Waals surface area contributed by atoms with Crippen LogP contribution in [0.4, 0.5) is 0 Å². The fraction of sp³-hybridized carbons (Fsp3) is 0.632. The maximum absolute atomic E-state index is 5.70. The van der Waals surface area contributed by atoms with Crippen LogP contribution in [-0.4, -0.2) is 51.9 Å². The van der Waals surface area contributed by atoms with E-state index in [0.29, 0.717) is 30.2 Å². The quantitative estimate of drug-likeness (QED) is 0.812. The predicted molar refractivity (Wildman–Crippen MR) is 95.8 cm³/mol. The molecular weight excluding hydrogens is 332 g/mol. The summed E-state index contributed by atoms with van der Waals surface area (Å²) < 4.78 is 17.0. The summed E-state index contributed by atoms with van der Waals surface area (Å²) in [6.07, 6.45) is 6.88. The zero-order chi connectivity index (χ0) is 17.9. The van der Waals surface area contributed by atoms with E-state index in [1.165, 1.54) is 25.7 Å². The summed E-state index contributed by atoms with van der Waals surface area (Å²) in [5.41, 5.74) is 0.842. The van der Waals surface area contributed by atoms with Gasteiger partial charge in [-0.05, 0) is 32.8 Å². The zero-order valence-corrected chi connectivity index (χ0v) is 15.4. The fourth-order valence-electron chi connectivity index (χ4n) is 3.84. The van der Waals surface area contributed by atoms with Crippen LogP contribution in [-0.2, 0) is 4.74 Å². The standard InChI is InChI=1S/C19H26N4O3/c1-13(2)25-17-11-14(7-8-20-17)18-21-19(26-22-18)16-12-24-10-9-23(16)15-5-3-4-6-15/h7-8,11,13,15-16H,3-6,9-10,12H2,1-2H3. The van der Waals surface area contributed by atoms with E-state index < -0.39 is 0 Å². The second-order valence-electron chi connectivity index (χ2n) is 7.27. The molecule has 1 aliphatic carbocycles. The molecule has 0 radical (unpaired) electrons. The van der Waals surface area contributed by atoms with Gasteiger partial charge in [-0.3, -0.25) is 4.90 Å². The van der Waals surface area contributed by atoms with Crippen molar-refractivity contribution in [3.63, 3.8) is 0 Å². The minimum absolute atomic E-state index is 0.0429. The van der Waals surface area contributed by atoms with E-state index in [1.807, 2.05) is 26.0 Å². The number of ether oxygens (including phenoxy) is 2. The Morgan fingerprint density at radius 3 is 2.92 bits per heavy atom. The molecule has 2 aromatic rings. The first-order valence-corrected chi connectivity index (χ1v) is 9.51. The highest BCUT2D eigenvalue weighted by Gasteiger charge is 2.35. The molecular formula is C19H26N4O3. The van der Waals surface area contributed by atoms with Crippen molar-refractivity contribution in [2.75, 3.05) is 19.8 Å². The van der Waals surface area contributed by atoms with Crippen LogP contribution < -0.4 is 4.74 Å². The zero-order valence-electron chi connectivity index (χ0n) is 15.4. The first-order valence-electron chi connectivity index (χ1n) is 9.51. The van der Waals surface area contributed by atoms with Crippen molar-refractivity contribution >= 4 is 0 Å². The molecule has 0 bridgehead atoms. The Labute approximate surface area is 153 Å². The summed E-state index contributed by atoms with van der Waals surface area (Å²) in [5, 5.41) is 4.19. The predicted octanol–water partition coefficient (Wildman–Crippen LogP) is 3.23. The average molecular weight is 358 g/mol. The number of rotatable bonds is 5. The van der Waals surface area contributed by atoms with E-state index >= 15 is 0 Å². The lowest BCUT2D eigenvalue weighted by atomic mass is 10.1. The molecule has 0 amide bonds. The third-order valence-corrected chi connectivity index (χ3v) is 5.04. The van der Waals surface area contributed by atoms with Crippen molar-refractivity contribution < 1.29 is 14.0 Å². The van der Waals surface area contributed by atoms with Crippen LogP contribution in [0.5, 0.6) is 5.88 Å². The third-order valence-electron chi connectivity index (χ3n) is 5.04. The lowest BCUT2D eigenvalue weighted by molar-refractivity contribution is -0.0397. The lowest BCUT2D eigenvalue weighted by Crippen LogP contribution is -2.44. The maximum atomic E-state index is 5.70. The summed E-state index contributed by atoms with van der Waals surface area (Å²) in [7, 11) is 0. The summed E-state index contributed by atoms with van der Waals surface area (Å²) in [6.45, 7) is 6.25. The number of pyridine rings is 1. The maximum Gasteiger partial charge on any atom is 0.246 e. The monoisotopic (exact) mass is 358 g/mol. The second kappa shape index (κ2) is 7.72. The van der Waals surface area contributed by atoms with Gasteiger partial charge in [0.15, 0.2) is 0 Å². The minimum Gasteiger partial charge on any atom is -0.475 e. The molecule has 7 heteroatoms. The molecule has 2 aliphatic rings. The van der Waals surface area contributed by atoms with Crippen LogP contribution in [0, 0.1) is 0 Å². The molecule has 2 fully saturated rings. The number of morpholine rings is 1. The topological polar surface area (TPSA) is 73.5 Å². The molecule has 1 aliphatic heterocycles. The van der Waals surface area contributed by atoms with E-state index in [1.54, 1.807) is 6.20 Å². The van der Waals surface area contributed by atoms with Gasteiger partial charge in [-0.2, -0.15) is 4.98 Å². The number of hydrogen-bond acceptors (Lipinski definition) is 7. The Hall–Kier alpha value is -1.99. The summed E-state index contributed by atoms with van der Waals surface area (Å²) in [6, 6.07) is 4.36. The van der Waals surface area contributed by atoms with Crippen molar-refractivity contribution in [2.45, 2.75) is 57.7 Å². The van der Waals surface area contributed by atoms with Gasteiger partial charge < -0.3 is 14.0 Å². The molecule has 1 saturated heterocycles. The van der Waals surface area contributed by atoms with Crippen LogP contribution >= 0.6 is 0 Å². The minimum atomic E-state index is 0.0429. The Bertz CT molecular complexity index is 727. The molecule has 1 saturated carbocycles. The number of nitrogens with zero attached hydrogens (tertiary/aromatic N) is 4. The molecule has 26 heavy (non-hydrogen) atoms. The van der Waals surface area contributed by atoms with Gasteiger partial charge in [0.05, 0.1) is 19.3 Å². The average Bonchev–Trinajstić information content (AvgIpc) is 3.33. The Balaban J connectivity index is 1.55. The largest absolute Gasteiger partial charge is 0.475 e. The van der Waals surface area contributed by atoms with Crippen molar-refractivity contribution in [3.05, 3.63) is 24.2 Å². The van der Waals surface area contributed by atoms with E-state index in [-0.39, 0.29) is 12.1 Å². The van der Waals surface area contributed by atoms with Crippen molar-refractivity contribution in [1.29, 1.82) is 0 Å². The number of aromatic nitrogens is 3. The molecule has 3 heterocycles. The Morgan fingerprint density at radius 2 is 2.12 bits per heavy atom. The van der Waals surface area contributed by atoms with E-state index in [0.717, 1.165) is 18.7 Å². The highest BCUT2D eigenvalue weighted by molar-refractivity contribution is 5.55. The summed E-state index contributed by atoms with van der Waals surface area (Å²) in [5.74, 6) is 1.76. The molecule has 4 rings (SSSR count). The van der Waals surface area contributed by atoms with Gasteiger partial charge in [-0.25, -0.2) is 4.98 Å². The molecule has 2 aromatic heterocycles. The van der Waals surface area contributed by atoms with Gasteiger partial charge >= 0.3 is 0 Å². The SMILES string of the molecule is CC(C)Oc1cc(-c2noc(C3COCCN3C3CCCC3)n2)ccn1. The molecule has 140 valence electrons. The molecule has 0 spiro atoms. The molecule has 1 atom stereocenters. The van der Waals surface area contributed by atoms with E-state index in [2.05, 4.69) is 20.0 Å². The van der Waals surface area contributed by atoms with Crippen LogP contribution in [0.25, 0.3) is 11.4 Å². The Kier molecular flexibility index (Phi) is 5.17. The van der Waals surface area contributed by atoms with Crippen LogP contribution in [0.15, 0.2) is 22.9 Å². The van der Waals surface area contributed by atoms with Crippen LogP contribution in [0.1, 0.15) is 51.5 Å².